The summed E-state index contributed by atoms with van der Waals surface area (Å²) in [6, 6.07) is 5.83. The van der Waals surface area contributed by atoms with Gasteiger partial charge in [-0.15, -0.1) is 0 Å². The fourth-order valence-corrected chi connectivity index (χ4v) is 2.51. The van der Waals surface area contributed by atoms with Crippen LogP contribution in [0.5, 0.6) is 11.5 Å². The standard InChI is InChI=1S/C14H19NO3/c1-17-11-6-7-14(18-2)12(9-11)13-5-3-4-8-15(13)10-16/h6-7,9-10,13H,3-5,8H2,1-2H3/t13-/m1/s1. The summed E-state index contributed by atoms with van der Waals surface area (Å²) < 4.78 is 10.6. The zero-order chi connectivity index (χ0) is 13.0. The Hall–Kier alpha value is -1.71. The SMILES string of the molecule is COc1ccc(OC)c([C@H]2CCCCN2C=O)c1. The number of hydrogen-bond acceptors (Lipinski definition) is 3. The van der Waals surface area contributed by atoms with Crippen LogP contribution < -0.4 is 9.47 Å². The molecule has 1 aromatic carbocycles. The molecular weight excluding hydrogens is 230 g/mol. The van der Waals surface area contributed by atoms with Crippen LogP contribution in [0.1, 0.15) is 30.9 Å². The van der Waals surface area contributed by atoms with Gasteiger partial charge < -0.3 is 14.4 Å². The van der Waals surface area contributed by atoms with Gasteiger partial charge in [0.2, 0.25) is 6.41 Å². The number of carbonyl (C=O) groups is 1. The average molecular weight is 249 g/mol. The van der Waals surface area contributed by atoms with E-state index in [4.69, 9.17) is 9.47 Å². The minimum atomic E-state index is 0.0984. The third-order valence-electron chi connectivity index (χ3n) is 3.48. The van der Waals surface area contributed by atoms with Crippen LogP contribution in [0.25, 0.3) is 0 Å². The molecule has 0 bridgehead atoms. The van der Waals surface area contributed by atoms with Crippen LogP contribution in [-0.4, -0.2) is 32.1 Å². The van der Waals surface area contributed by atoms with Gasteiger partial charge in [0.05, 0.1) is 20.3 Å². The summed E-state index contributed by atoms with van der Waals surface area (Å²) in [7, 11) is 3.29. The Balaban J connectivity index is 2.36. The van der Waals surface area contributed by atoms with Crippen molar-refractivity contribution in [1.29, 1.82) is 0 Å². The van der Waals surface area contributed by atoms with E-state index in [-0.39, 0.29) is 6.04 Å². The van der Waals surface area contributed by atoms with Crippen LogP contribution in [0.15, 0.2) is 18.2 Å². The summed E-state index contributed by atoms with van der Waals surface area (Å²) in [4.78, 5) is 13.0. The van der Waals surface area contributed by atoms with Gasteiger partial charge in [-0.25, -0.2) is 0 Å². The number of nitrogens with zero attached hydrogens (tertiary/aromatic N) is 1. The summed E-state index contributed by atoms with van der Waals surface area (Å²) in [6.07, 6.45) is 4.11. The number of ether oxygens (including phenoxy) is 2. The minimum Gasteiger partial charge on any atom is -0.497 e. The van der Waals surface area contributed by atoms with Gasteiger partial charge in [0, 0.05) is 12.1 Å². The van der Waals surface area contributed by atoms with E-state index < -0.39 is 0 Å². The molecule has 0 N–H and O–H groups in total. The highest BCUT2D eigenvalue weighted by atomic mass is 16.5. The lowest BCUT2D eigenvalue weighted by Crippen LogP contribution is -2.32. The van der Waals surface area contributed by atoms with Crippen molar-refractivity contribution in [1.82, 2.24) is 4.90 Å². The van der Waals surface area contributed by atoms with Crippen molar-refractivity contribution >= 4 is 6.41 Å². The van der Waals surface area contributed by atoms with E-state index in [1.807, 2.05) is 23.1 Å². The minimum absolute atomic E-state index is 0.0984. The van der Waals surface area contributed by atoms with Crippen molar-refractivity contribution < 1.29 is 14.3 Å². The second-order valence-electron chi connectivity index (χ2n) is 4.46. The third kappa shape index (κ3) is 2.42. The Morgan fingerprint density at radius 2 is 2.11 bits per heavy atom. The molecule has 1 amide bonds. The lowest BCUT2D eigenvalue weighted by atomic mass is 9.95. The Kier molecular flexibility index (Phi) is 4.07. The molecule has 0 saturated carbocycles. The molecule has 1 aliphatic heterocycles. The lowest BCUT2D eigenvalue weighted by molar-refractivity contribution is -0.121. The van der Waals surface area contributed by atoms with Crippen LogP contribution >= 0.6 is 0 Å². The maximum absolute atomic E-state index is 11.2. The topological polar surface area (TPSA) is 38.8 Å². The second-order valence-corrected chi connectivity index (χ2v) is 4.46. The lowest BCUT2D eigenvalue weighted by Gasteiger charge is -2.33. The number of piperidine rings is 1. The maximum Gasteiger partial charge on any atom is 0.210 e. The van der Waals surface area contributed by atoms with E-state index in [2.05, 4.69) is 0 Å². The van der Waals surface area contributed by atoms with E-state index in [1.165, 1.54) is 0 Å². The van der Waals surface area contributed by atoms with Crippen LogP contribution in [0.2, 0.25) is 0 Å². The largest absolute Gasteiger partial charge is 0.497 e. The van der Waals surface area contributed by atoms with Gasteiger partial charge in [-0.2, -0.15) is 0 Å². The second kappa shape index (κ2) is 5.76. The zero-order valence-corrected chi connectivity index (χ0v) is 10.9. The molecular formula is C14H19NO3. The number of rotatable bonds is 4. The summed E-state index contributed by atoms with van der Waals surface area (Å²) in [5.41, 5.74) is 1.03. The highest BCUT2D eigenvalue weighted by molar-refractivity contribution is 5.51. The van der Waals surface area contributed by atoms with Crippen molar-refractivity contribution in [2.75, 3.05) is 20.8 Å². The number of likely N-dealkylation sites (tertiary alicyclic amines) is 1. The Morgan fingerprint density at radius 1 is 1.28 bits per heavy atom. The molecule has 1 aromatic rings. The summed E-state index contributed by atoms with van der Waals surface area (Å²) in [5, 5.41) is 0. The van der Waals surface area contributed by atoms with Gasteiger partial charge in [-0.3, -0.25) is 4.79 Å². The zero-order valence-electron chi connectivity index (χ0n) is 10.9. The van der Waals surface area contributed by atoms with Gasteiger partial charge in [0.1, 0.15) is 11.5 Å². The van der Waals surface area contributed by atoms with Crippen molar-refractivity contribution in [2.24, 2.45) is 0 Å². The molecule has 1 fully saturated rings. The molecule has 4 nitrogen and oxygen atoms in total. The maximum atomic E-state index is 11.2. The first kappa shape index (κ1) is 12.7. The van der Waals surface area contributed by atoms with E-state index in [1.54, 1.807) is 14.2 Å². The molecule has 4 heteroatoms. The molecule has 1 aliphatic rings. The number of benzene rings is 1. The van der Waals surface area contributed by atoms with Gasteiger partial charge in [0.15, 0.2) is 0 Å². The molecule has 1 atom stereocenters. The summed E-state index contributed by atoms with van der Waals surface area (Å²) in [5.74, 6) is 1.61. The molecule has 1 heterocycles. The van der Waals surface area contributed by atoms with Gasteiger partial charge in [-0.1, -0.05) is 0 Å². The summed E-state index contributed by atoms with van der Waals surface area (Å²) >= 11 is 0. The first-order chi connectivity index (χ1) is 8.80. The number of hydrogen-bond donors (Lipinski definition) is 0. The van der Waals surface area contributed by atoms with E-state index >= 15 is 0 Å². The van der Waals surface area contributed by atoms with Crippen LogP contribution in [-0.2, 0) is 4.79 Å². The molecule has 0 radical (unpaired) electrons. The Bertz CT molecular complexity index is 420. The van der Waals surface area contributed by atoms with Crippen molar-refractivity contribution in [3.63, 3.8) is 0 Å². The smallest absolute Gasteiger partial charge is 0.210 e. The van der Waals surface area contributed by atoms with Crippen LogP contribution in [0, 0.1) is 0 Å². The third-order valence-corrected chi connectivity index (χ3v) is 3.48. The molecule has 18 heavy (non-hydrogen) atoms. The fourth-order valence-electron chi connectivity index (χ4n) is 2.51. The number of amides is 1. The van der Waals surface area contributed by atoms with Crippen molar-refractivity contribution in [3.05, 3.63) is 23.8 Å². The van der Waals surface area contributed by atoms with Crippen LogP contribution in [0.3, 0.4) is 0 Å². The molecule has 1 saturated heterocycles. The highest BCUT2D eigenvalue weighted by Crippen LogP contribution is 2.37. The predicted octanol–water partition coefficient (Wildman–Crippen LogP) is 2.39. The van der Waals surface area contributed by atoms with Crippen molar-refractivity contribution in [3.8, 4) is 11.5 Å². The first-order valence-corrected chi connectivity index (χ1v) is 6.23. The molecule has 0 aromatic heterocycles. The first-order valence-electron chi connectivity index (χ1n) is 6.23. The number of methoxy groups -OCH3 is 2. The normalized spacial score (nSPS) is 19.4. The van der Waals surface area contributed by atoms with Gasteiger partial charge >= 0.3 is 0 Å². The highest BCUT2D eigenvalue weighted by Gasteiger charge is 2.25. The number of carbonyl (C=O) groups excluding carboxylic acids is 1. The fraction of sp³-hybridized carbons (Fsp3) is 0.500. The molecule has 2 rings (SSSR count). The summed E-state index contributed by atoms with van der Waals surface area (Å²) in [6.45, 7) is 0.814. The molecule has 98 valence electrons. The quantitative estimate of drug-likeness (QED) is 0.769. The monoisotopic (exact) mass is 249 g/mol. The Morgan fingerprint density at radius 3 is 2.78 bits per heavy atom. The molecule has 0 unspecified atom stereocenters. The van der Waals surface area contributed by atoms with E-state index in [0.717, 1.165) is 49.3 Å². The van der Waals surface area contributed by atoms with Gasteiger partial charge in [0.25, 0.3) is 0 Å². The van der Waals surface area contributed by atoms with E-state index in [9.17, 15) is 4.79 Å². The van der Waals surface area contributed by atoms with Gasteiger partial charge in [-0.05, 0) is 37.5 Å². The van der Waals surface area contributed by atoms with Crippen molar-refractivity contribution in [2.45, 2.75) is 25.3 Å². The molecule has 0 aliphatic carbocycles. The Labute approximate surface area is 107 Å². The van der Waals surface area contributed by atoms with Crippen LogP contribution in [0.4, 0.5) is 0 Å². The molecule has 0 spiro atoms. The average Bonchev–Trinajstić information content (AvgIpc) is 2.46. The van der Waals surface area contributed by atoms with E-state index in [0.29, 0.717) is 0 Å². The predicted molar refractivity (Wildman–Crippen MR) is 68.9 cm³/mol.